The summed E-state index contributed by atoms with van der Waals surface area (Å²) in [6.07, 6.45) is 2.82. The molecular weight excluding hydrogens is 293 g/mol. The van der Waals surface area contributed by atoms with Crippen LogP contribution in [0, 0.1) is 6.92 Å². The van der Waals surface area contributed by atoms with Gasteiger partial charge in [0.15, 0.2) is 0 Å². The Balaban J connectivity index is 2.38. The molecule has 20 heavy (non-hydrogen) atoms. The van der Waals surface area contributed by atoms with E-state index in [0.29, 0.717) is 10.0 Å². The Morgan fingerprint density at radius 2 is 2.00 bits per heavy atom. The first-order valence-electron chi connectivity index (χ1n) is 6.59. The van der Waals surface area contributed by atoms with Crippen molar-refractivity contribution in [2.75, 3.05) is 6.54 Å². The summed E-state index contributed by atoms with van der Waals surface area (Å²) in [5, 5.41) is 4.60. The fourth-order valence-corrected chi connectivity index (χ4v) is 2.32. The SMILES string of the molecule is CCCNC(c1ccc(Cl)c(Cl)c1)c1ccnc(C)n1. The fraction of sp³-hybridized carbons (Fsp3) is 0.333. The highest BCUT2D eigenvalue weighted by Gasteiger charge is 2.16. The van der Waals surface area contributed by atoms with Crippen molar-refractivity contribution in [1.29, 1.82) is 0 Å². The van der Waals surface area contributed by atoms with Crippen molar-refractivity contribution < 1.29 is 0 Å². The van der Waals surface area contributed by atoms with Gasteiger partial charge >= 0.3 is 0 Å². The summed E-state index contributed by atoms with van der Waals surface area (Å²) >= 11 is 12.1. The molecule has 0 saturated heterocycles. The Labute approximate surface area is 129 Å². The van der Waals surface area contributed by atoms with Crippen LogP contribution in [0.2, 0.25) is 10.0 Å². The molecule has 3 nitrogen and oxygen atoms in total. The van der Waals surface area contributed by atoms with Crippen molar-refractivity contribution in [2.45, 2.75) is 26.3 Å². The minimum absolute atomic E-state index is 0.00795. The summed E-state index contributed by atoms with van der Waals surface area (Å²) in [6.45, 7) is 4.91. The van der Waals surface area contributed by atoms with Crippen LogP contribution in [-0.4, -0.2) is 16.5 Å². The Morgan fingerprint density at radius 3 is 2.65 bits per heavy atom. The molecule has 0 fully saturated rings. The van der Waals surface area contributed by atoms with E-state index in [1.165, 1.54) is 0 Å². The number of aromatic nitrogens is 2. The molecule has 0 saturated carbocycles. The van der Waals surface area contributed by atoms with Crippen molar-refractivity contribution in [2.24, 2.45) is 0 Å². The van der Waals surface area contributed by atoms with Gasteiger partial charge in [0.2, 0.25) is 0 Å². The van der Waals surface area contributed by atoms with Crippen molar-refractivity contribution >= 4 is 23.2 Å². The van der Waals surface area contributed by atoms with E-state index in [4.69, 9.17) is 23.2 Å². The van der Waals surface area contributed by atoms with Gasteiger partial charge in [-0.15, -0.1) is 0 Å². The Hall–Kier alpha value is -1.16. The molecule has 0 amide bonds. The maximum Gasteiger partial charge on any atom is 0.125 e. The van der Waals surface area contributed by atoms with Crippen LogP contribution >= 0.6 is 23.2 Å². The maximum absolute atomic E-state index is 6.12. The average Bonchev–Trinajstić information content (AvgIpc) is 2.43. The highest BCUT2D eigenvalue weighted by Crippen LogP contribution is 2.28. The van der Waals surface area contributed by atoms with E-state index < -0.39 is 0 Å². The van der Waals surface area contributed by atoms with Crippen LogP contribution in [0.3, 0.4) is 0 Å². The Kier molecular flexibility index (Phi) is 5.35. The van der Waals surface area contributed by atoms with Gasteiger partial charge in [-0.3, -0.25) is 0 Å². The predicted molar refractivity (Wildman–Crippen MR) is 83.4 cm³/mol. The lowest BCUT2D eigenvalue weighted by atomic mass is 10.0. The van der Waals surface area contributed by atoms with Crippen LogP contribution in [0.25, 0.3) is 0 Å². The molecule has 2 rings (SSSR count). The first kappa shape index (κ1) is 15.2. The molecule has 0 radical (unpaired) electrons. The molecule has 106 valence electrons. The van der Waals surface area contributed by atoms with Crippen LogP contribution in [-0.2, 0) is 0 Å². The average molecular weight is 310 g/mol. The number of hydrogen-bond acceptors (Lipinski definition) is 3. The lowest BCUT2D eigenvalue weighted by Crippen LogP contribution is -2.24. The lowest BCUT2D eigenvalue weighted by Gasteiger charge is -2.19. The zero-order valence-electron chi connectivity index (χ0n) is 11.5. The summed E-state index contributed by atoms with van der Waals surface area (Å²) in [4.78, 5) is 8.65. The van der Waals surface area contributed by atoms with Crippen LogP contribution in [0.4, 0.5) is 0 Å². The second-order valence-corrected chi connectivity index (χ2v) is 5.40. The molecule has 0 aliphatic rings. The summed E-state index contributed by atoms with van der Waals surface area (Å²) < 4.78 is 0. The van der Waals surface area contributed by atoms with Gasteiger partial charge in [-0.1, -0.05) is 36.2 Å². The largest absolute Gasteiger partial charge is 0.305 e. The van der Waals surface area contributed by atoms with Gasteiger partial charge in [0.05, 0.1) is 21.8 Å². The maximum atomic E-state index is 6.12. The highest BCUT2D eigenvalue weighted by atomic mass is 35.5. The van der Waals surface area contributed by atoms with Crippen molar-refractivity contribution in [1.82, 2.24) is 15.3 Å². The van der Waals surface area contributed by atoms with E-state index >= 15 is 0 Å². The second-order valence-electron chi connectivity index (χ2n) is 4.59. The van der Waals surface area contributed by atoms with E-state index in [1.807, 2.05) is 31.2 Å². The number of rotatable bonds is 5. The van der Waals surface area contributed by atoms with Gasteiger partial charge in [-0.25, -0.2) is 9.97 Å². The normalized spacial score (nSPS) is 12.4. The predicted octanol–water partition coefficient (Wildman–Crippen LogP) is 4.18. The minimum atomic E-state index is -0.00795. The molecule has 1 atom stereocenters. The number of nitrogens with one attached hydrogen (secondary N) is 1. The number of halogens is 2. The lowest BCUT2D eigenvalue weighted by molar-refractivity contribution is 0.583. The smallest absolute Gasteiger partial charge is 0.125 e. The van der Waals surface area contributed by atoms with E-state index in [9.17, 15) is 0 Å². The molecule has 1 aromatic carbocycles. The molecule has 5 heteroatoms. The molecule has 1 heterocycles. The number of aryl methyl sites for hydroxylation is 1. The Bertz CT molecular complexity index is 587. The summed E-state index contributed by atoms with van der Waals surface area (Å²) in [6, 6.07) is 7.58. The van der Waals surface area contributed by atoms with E-state index in [-0.39, 0.29) is 6.04 Å². The Morgan fingerprint density at radius 1 is 1.20 bits per heavy atom. The molecule has 0 bridgehead atoms. The topological polar surface area (TPSA) is 37.8 Å². The molecule has 1 unspecified atom stereocenters. The molecular formula is C15H17Cl2N3. The van der Waals surface area contributed by atoms with E-state index in [2.05, 4.69) is 22.2 Å². The molecule has 0 spiro atoms. The van der Waals surface area contributed by atoms with Crippen molar-refractivity contribution in [3.63, 3.8) is 0 Å². The van der Waals surface area contributed by atoms with Crippen molar-refractivity contribution in [3.05, 3.63) is 57.6 Å². The standard InChI is InChI=1S/C15H17Cl2N3/c1-3-7-19-15(14-6-8-18-10(2)20-14)11-4-5-12(16)13(17)9-11/h4-6,8-9,15,19H,3,7H2,1-2H3. The minimum Gasteiger partial charge on any atom is -0.305 e. The van der Waals surface area contributed by atoms with Gasteiger partial charge in [-0.05, 0) is 43.7 Å². The van der Waals surface area contributed by atoms with Crippen LogP contribution in [0.5, 0.6) is 0 Å². The zero-order chi connectivity index (χ0) is 14.5. The fourth-order valence-electron chi connectivity index (χ4n) is 2.01. The first-order chi connectivity index (χ1) is 9.61. The van der Waals surface area contributed by atoms with E-state index in [1.54, 1.807) is 6.20 Å². The number of hydrogen-bond donors (Lipinski definition) is 1. The molecule has 1 aromatic heterocycles. The summed E-state index contributed by atoms with van der Waals surface area (Å²) in [5.74, 6) is 0.755. The second kappa shape index (κ2) is 7.02. The van der Waals surface area contributed by atoms with Gasteiger partial charge in [0, 0.05) is 6.20 Å². The molecule has 2 aromatic rings. The molecule has 0 aliphatic carbocycles. The van der Waals surface area contributed by atoms with Crippen LogP contribution in [0.1, 0.15) is 36.5 Å². The zero-order valence-corrected chi connectivity index (χ0v) is 13.0. The first-order valence-corrected chi connectivity index (χ1v) is 7.35. The number of benzene rings is 1. The quantitative estimate of drug-likeness (QED) is 0.900. The van der Waals surface area contributed by atoms with Crippen LogP contribution < -0.4 is 5.32 Å². The summed E-state index contributed by atoms with van der Waals surface area (Å²) in [7, 11) is 0. The van der Waals surface area contributed by atoms with Gasteiger partial charge in [-0.2, -0.15) is 0 Å². The van der Waals surface area contributed by atoms with Gasteiger partial charge in [0.1, 0.15) is 5.82 Å². The third-order valence-corrected chi connectivity index (χ3v) is 3.71. The van der Waals surface area contributed by atoms with E-state index in [0.717, 1.165) is 30.0 Å². The van der Waals surface area contributed by atoms with Gasteiger partial charge < -0.3 is 5.32 Å². The summed E-state index contributed by atoms with van der Waals surface area (Å²) in [5.41, 5.74) is 1.98. The molecule has 1 N–H and O–H groups in total. The van der Waals surface area contributed by atoms with Gasteiger partial charge in [0.25, 0.3) is 0 Å². The number of nitrogens with zero attached hydrogens (tertiary/aromatic N) is 2. The van der Waals surface area contributed by atoms with Crippen LogP contribution in [0.15, 0.2) is 30.5 Å². The molecule has 0 aliphatic heterocycles. The third kappa shape index (κ3) is 3.69. The third-order valence-electron chi connectivity index (χ3n) is 2.97. The monoisotopic (exact) mass is 309 g/mol. The highest BCUT2D eigenvalue weighted by molar-refractivity contribution is 6.42. The van der Waals surface area contributed by atoms with Crippen molar-refractivity contribution in [3.8, 4) is 0 Å².